The Labute approximate surface area is 209 Å². The number of fused-ring (bicyclic) bond motifs is 1. The van der Waals surface area contributed by atoms with Gasteiger partial charge in [-0.1, -0.05) is 0 Å². The molecule has 5 rings (SSSR count). The SMILES string of the molecule is O=C1NCC(CCC(=O)N2CCN(C3CCCC[NH2+]3)CC2)[NH+]2CC(NCC3CCC(CO)O3)CC12. The number of ether oxygens (including phenoxy) is 1. The third-order valence-electron chi connectivity index (χ3n) is 9.08. The number of amides is 2. The van der Waals surface area contributed by atoms with E-state index in [0.717, 1.165) is 65.0 Å². The van der Waals surface area contributed by atoms with Crippen molar-refractivity contribution in [1.29, 1.82) is 0 Å². The number of carbonyl (C=O) groups excluding carboxylic acids is 2. The zero-order valence-electron chi connectivity index (χ0n) is 21.1. The molecule has 10 nitrogen and oxygen atoms in total. The molecule has 7 unspecified atom stereocenters. The Morgan fingerprint density at radius 3 is 2.74 bits per heavy atom. The standard InChI is InChI=1S/C25H44N6O4/c32-17-21-6-5-20(35-21)15-27-18-13-22-25(34)28-14-19(31(22)16-18)4-7-24(33)30-11-9-29(10-12-30)23-3-1-2-8-26-23/h18-23,26-27,32H,1-17H2,(H,28,34)/p+2. The highest BCUT2D eigenvalue weighted by atomic mass is 16.5. The van der Waals surface area contributed by atoms with E-state index in [1.807, 2.05) is 0 Å². The molecule has 198 valence electrons. The van der Waals surface area contributed by atoms with Crippen molar-refractivity contribution in [2.45, 2.75) is 87.9 Å². The molecule has 5 saturated heterocycles. The molecule has 0 aliphatic carbocycles. The van der Waals surface area contributed by atoms with E-state index < -0.39 is 0 Å². The van der Waals surface area contributed by atoms with Gasteiger partial charge < -0.3 is 35.6 Å². The van der Waals surface area contributed by atoms with E-state index in [-0.39, 0.29) is 36.7 Å². The maximum atomic E-state index is 13.0. The Kier molecular flexibility index (Phi) is 8.57. The van der Waals surface area contributed by atoms with Crippen LogP contribution in [0.2, 0.25) is 0 Å². The first-order chi connectivity index (χ1) is 17.1. The monoisotopic (exact) mass is 494 g/mol. The molecule has 0 aromatic heterocycles. The van der Waals surface area contributed by atoms with Crippen LogP contribution in [0.5, 0.6) is 0 Å². The maximum Gasteiger partial charge on any atom is 0.278 e. The molecule has 10 heteroatoms. The highest BCUT2D eigenvalue weighted by Gasteiger charge is 2.47. The number of quaternary nitrogens is 2. The minimum absolute atomic E-state index is 0.0219. The molecule has 0 bridgehead atoms. The zero-order chi connectivity index (χ0) is 24.2. The smallest absolute Gasteiger partial charge is 0.278 e. The van der Waals surface area contributed by atoms with Gasteiger partial charge in [-0.25, -0.2) is 0 Å². The van der Waals surface area contributed by atoms with Gasteiger partial charge in [0.1, 0.15) is 12.2 Å². The summed E-state index contributed by atoms with van der Waals surface area (Å²) in [7, 11) is 0. The Morgan fingerprint density at radius 2 is 2.00 bits per heavy atom. The number of piperazine rings is 2. The quantitative estimate of drug-likeness (QED) is 0.241. The van der Waals surface area contributed by atoms with Crippen LogP contribution in [0, 0.1) is 0 Å². The summed E-state index contributed by atoms with van der Waals surface area (Å²) in [6.45, 7) is 7.35. The second kappa shape index (κ2) is 11.8. The molecule has 5 fully saturated rings. The minimum atomic E-state index is -0.0244. The van der Waals surface area contributed by atoms with Crippen molar-refractivity contribution in [3.63, 3.8) is 0 Å². The Morgan fingerprint density at radius 1 is 1.17 bits per heavy atom. The average Bonchev–Trinajstić information content (AvgIpc) is 3.55. The molecule has 0 spiro atoms. The van der Waals surface area contributed by atoms with Gasteiger partial charge >= 0.3 is 0 Å². The summed E-state index contributed by atoms with van der Waals surface area (Å²) < 4.78 is 5.85. The lowest BCUT2D eigenvalue weighted by Crippen LogP contribution is -3.21. The summed E-state index contributed by atoms with van der Waals surface area (Å²) in [5.74, 6) is 0.427. The topological polar surface area (TPSA) is 115 Å². The van der Waals surface area contributed by atoms with Gasteiger partial charge in [-0.05, 0) is 25.7 Å². The van der Waals surface area contributed by atoms with E-state index in [1.54, 1.807) is 0 Å². The molecule has 2 amide bonds. The van der Waals surface area contributed by atoms with Crippen molar-refractivity contribution in [3.05, 3.63) is 0 Å². The third kappa shape index (κ3) is 6.17. The summed E-state index contributed by atoms with van der Waals surface area (Å²) in [5.41, 5.74) is 0. The number of carbonyl (C=O) groups is 2. The Hall–Kier alpha value is -1.30. The number of hydrogen-bond acceptors (Lipinski definition) is 6. The maximum absolute atomic E-state index is 13.0. The lowest BCUT2D eigenvalue weighted by Gasteiger charge is -2.39. The predicted molar refractivity (Wildman–Crippen MR) is 130 cm³/mol. The summed E-state index contributed by atoms with van der Waals surface area (Å²) in [6.07, 6.45) is 8.79. The molecule has 5 heterocycles. The Bertz CT molecular complexity index is 727. The van der Waals surface area contributed by atoms with Crippen molar-refractivity contribution in [3.8, 4) is 0 Å². The van der Waals surface area contributed by atoms with E-state index in [1.165, 1.54) is 30.7 Å². The number of nitrogens with two attached hydrogens (primary N) is 1. The van der Waals surface area contributed by atoms with Crippen molar-refractivity contribution in [1.82, 2.24) is 20.4 Å². The third-order valence-corrected chi connectivity index (χ3v) is 9.08. The second-order valence-electron chi connectivity index (χ2n) is 11.3. The highest BCUT2D eigenvalue weighted by molar-refractivity contribution is 5.81. The van der Waals surface area contributed by atoms with E-state index in [9.17, 15) is 14.7 Å². The molecule has 35 heavy (non-hydrogen) atoms. The van der Waals surface area contributed by atoms with Gasteiger partial charge in [-0.3, -0.25) is 14.5 Å². The van der Waals surface area contributed by atoms with E-state index in [0.29, 0.717) is 31.2 Å². The van der Waals surface area contributed by atoms with Gasteiger partial charge in [0.25, 0.3) is 5.91 Å². The molecular weight excluding hydrogens is 448 g/mol. The normalized spacial score (nSPS) is 38.4. The van der Waals surface area contributed by atoms with Gasteiger partial charge in [-0.15, -0.1) is 0 Å². The molecule has 5 aliphatic heterocycles. The summed E-state index contributed by atoms with van der Waals surface area (Å²) >= 11 is 0. The first kappa shape index (κ1) is 25.4. The van der Waals surface area contributed by atoms with Crippen LogP contribution in [0.3, 0.4) is 0 Å². The zero-order valence-corrected chi connectivity index (χ0v) is 21.1. The lowest BCUT2D eigenvalue weighted by atomic mass is 10.0. The summed E-state index contributed by atoms with van der Waals surface area (Å²) in [5, 5.41) is 18.5. The number of nitrogens with zero attached hydrogens (tertiary/aromatic N) is 2. The van der Waals surface area contributed by atoms with Crippen LogP contribution in [0.1, 0.15) is 51.4 Å². The van der Waals surface area contributed by atoms with Crippen LogP contribution in [0.25, 0.3) is 0 Å². The van der Waals surface area contributed by atoms with E-state index >= 15 is 0 Å². The fourth-order valence-electron chi connectivity index (χ4n) is 6.97. The van der Waals surface area contributed by atoms with Crippen LogP contribution in [0.4, 0.5) is 0 Å². The first-order valence-electron chi connectivity index (χ1n) is 14.1. The molecule has 7 atom stereocenters. The van der Waals surface area contributed by atoms with E-state index in [2.05, 4.69) is 25.8 Å². The van der Waals surface area contributed by atoms with Gasteiger partial charge in [0, 0.05) is 58.4 Å². The van der Waals surface area contributed by atoms with Crippen LogP contribution in [-0.4, -0.2) is 122 Å². The number of aliphatic hydroxyl groups is 1. The van der Waals surface area contributed by atoms with Crippen molar-refractivity contribution >= 4 is 11.8 Å². The molecular formula is C25H46N6O4+2. The number of piperidine rings is 1. The number of aliphatic hydroxyl groups excluding tert-OH is 1. The molecule has 0 aromatic rings. The molecule has 0 saturated carbocycles. The average molecular weight is 495 g/mol. The Balaban J connectivity index is 1.05. The molecule has 5 aliphatic rings. The minimum Gasteiger partial charge on any atom is -0.394 e. The van der Waals surface area contributed by atoms with Gasteiger partial charge in [0.15, 0.2) is 6.04 Å². The van der Waals surface area contributed by atoms with Gasteiger partial charge in [-0.2, -0.15) is 0 Å². The van der Waals surface area contributed by atoms with Crippen molar-refractivity contribution < 1.29 is 29.6 Å². The highest BCUT2D eigenvalue weighted by Crippen LogP contribution is 2.19. The summed E-state index contributed by atoms with van der Waals surface area (Å²) in [6, 6.07) is 0.568. The fourth-order valence-corrected chi connectivity index (χ4v) is 6.97. The number of nitrogens with one attached hydrogen (secondary N) is 3. The van der Waals surface area contributed by atoms with Crippen molar-refractivity contribution in [2.24, 2.45) is 0 Å². The van der Waals surface area contributed by atoms with Crippen LogP contribution in [-0.2, 0) is 14.3 Å². The van der Waals surface area contributed by atoms with Crippen LogP contribution >= 0.6 is 0 Å². The number of hydrogen-bond donors (Lipinski definition) is 5. The largest absolute Gasteiger partial charge is 0.394 e. The summed E-state index contributed by atoms with van der Waals surface area (Å²) in [4.78, 5) is 31.5. The van der Waals surface area contributed by atoms with Gasteiger partial charge in [0.05, 0.1) is 44.5 Å². The van der Waals surface area contributed by atoms with Crippen LogP contribution < -0.4 is 20.9 Å². The van der Waals surface area contributed by atoms with Crippen LogP contribution in [0.15, 0.2) is 0 Å². The number of rotatable bonds is 8. The van der Waals surface area contributed by atoms with E-state index in [4.69, 9.17) is 4.74 Å². The van der Waals surface area contributed by atoms with Gasteiger partial charge in [0.2, 0.25) is 5.91 Å². The fraction of sp³-hybridized carbons (Fsp3) is 0.920. The predicted octanol–water partition coefficient (Wildman–Crippen LogP) is -3.36. The molecule has 6 N–H and O–H groups in total. The lowest BCUT2D eigenvalue weighted by molar-refractivity contribution is -0.930. The van der Waals surface area contributed by atoms with Crippen molar-refractivity contribution in [2.75, 3.05) is 59.0 Å². The first-order valence-corrected chi connectivity index (χ1v) is 14.1. The molecule has 0 aromatic carbocycles. The molecule has 0 radical (unpaired) electrons. The second-order valence-corrected chi connectivity index (χ2v) is 11.3.